The summed E-state index contributed by atoms with van der Waals surface area (Å²) in [5.41, 5.74) is 0. The molecule has 2 atom stereocenters. The van der Waals surface area contributed by atoms with Crippen LogP contribution in [-0.4, -0.2) is 25.2 Å². The molecule has 0 amide bonds. The predicted molar refractivity (Wildman–Crippen MR) is 49.3 cm³/mol. The van der Waals surface area contributed by atoms with Crippen LogP contribution in [-0.2, 0) is 9.53 Å². The van der Waals surface area contributed by atoms with Gasteiger partial charge in [0, 0.05) is 12.1 Å². The second-order valence-electron chi connectivity index (χ2n) is 4.11. The first-order valence-electron chi connectivity index (χ1n) is 5.15. The Labute approximate surface area is 78.8 Å². The van der Waals surface area contributed by atoms with E-state index in [1.54, 1.807) is 0 Å². The van der Waals surface area contributed by atoms with Crippen LogP contribution in [0.15, 0.2) is 0 Å². The third-order valence-corrected chi connectivity index (χ3v) is 3.05. The summed E-state index contributed by atoms with van der Waals surface area (Å²) in [7, 11) is 1.48. The van der Waals surface area contributed by atoms with Crippen LogP contribution in [0.1, 0.15) is 32.1 Å². The molecule has 0 aliphatic heterocycles. The van der Waals surface area contributed by atoms with Crippen LogP contribution in [0.25, 0.3) is 0 Å². The summed E-state index contributed by atoms with van der Waals surface area (Å²) < 4.78 is 4.79. The van der Waals surface area contributed by atoms with Gasteiger partial charge in [0.2, 0.25) is 0 Å². The number of hydrogen-bond donors (Lipinski definition) is 1. The smallest absolute Gasteiger partial charge is 0.310 e. The molecule has 0 spiro atoms. The highest BCUT2D eigenvalue weighted by Crippen LogP contribution is 2.30. The topological polar surface area (TPSA) is 38.3 Å². The van der Waals surface area contributed by atoms with Gasteiger partial charge < -0.3 is 10.1 Å². The van der Waals surface area contributed by atoms with Crippen molar-refractivity contribution in [3.63, 3.8) is 0 Å². The molecule has 2 fully saturated rings. The van der Waals surface area contributed by atoms with Gasteiger partial charge in [-0.05, 0) is 25.7 Å². The lowest BCUT2D eigenvalue weighted by molar-refractivity contribution is -0.145. The van der Waals surface area contributed by atoms with Crippen LogP contribution in [0.3, 0.4) is 0 Å². The fourth-order valence-corrected chi connectivity index (χ4v) is 2.15. The van der Waals surface area contributed by atoms with E-state index in [2.05, 4.69) is 5.32 Å². The van der Waals surface area contributed by atoms with Crippen molar-refractivity contribution < 1.29 is 9.53 Å². The normalized spacial score (nSPS) is 33.3. The Balaban J connectivity index is 1.88. The molecule has 13 heavy (non-hydrogen) atoms. The molecule has 0 aromatic rings. The largest absolute Gasteiger partial charge is 0.469 e. The van der Waals surface area contributed by atoms with Crippen molar-refractivity contribution in [1.29, 1.82) is 0 Å². The SMILES string of the molecule is COC(=O)C1CCCC1NC1CC1. The number of carbonyl (C=O) groups is 1. The summed E-state index contributed by atoms with van der Waals surface area (Å²) in [6.07, 6.45) is 5.85. The van der Waals surface area contributed by atoms with Gasteiger partial charge in [-0.1, -0.05) is 6.42 Å². The Morgan fingerprint density at radius 2 is 2.08 bits per heavy atom. The zero-order valence-electron chi connectivity index (χ0n) is 8.08. The molecule has 74 valence electrons. The van der Waals surface area contributed by atoms with Gasteiger partial charge in [0.05, 0.1) is 13.0 Å². The molecule has 3 nitrogen and oxygen atoms in total. The van der Waals surface area contributed by atoms with Gasteiger partial charge in [-0.2, -0.15) is 0 Å². The lowest BCUT2D eigenvalue weighted by atomic mass is 10.0. The van der Waals surface area contributed by atoms with E-state index in [-0.39, 0.29) is 11.9 Å². The summed E-state index contributed by atoms with van der Waals surface area (Å²) in [6.45, 7) is 0. The summed E-state index contributed by atoms with van der Waals surface area (Å²) in [5, 5.41) is 3.52. The molecular weight excluding hydrogens is 166 g/mol. The van der Waals surface area contributed by atoms with E-state index in [9.17, 15) is 4.79 Å². The van der Waals surface area contributed by atoms with Gasteiger partial charge in [-0.25, -0.2) is 0 Å². The van der Waals surface area contributed by atoms with Gasteiger partial charge in [0.25, 0.3) is 0 Å². The van der Waals surface area contributed by atoms with E-state index in [1.807, 2.05) is 0 Å². The molecule has 1 N–H and O–H groups in total. The summed E-state index contributed by atoms with van der Waals surface area (Å²) >= 11 is 0. The Kier molecular flexibility index (Phi) is 2.54. The molecule has 0 bridgehead atoms. The average molecular weight is 183 g/mol. The molecule has 2 aliphatic carbocycles. The summed E-state index contributed by atoms with van der Waals surface area (Å²) in [6, 6.07) is 1.08. The van der Waals surface area contributed by atoms with Gasteiger partial charge in [-0.3, -0.25) is 4.79 Å². The molecule has 0 saturated heterocycles. The number of nitrogens with one attached hydrogen (secondary N) is 1. The molecule has 0 aromatic carbocycles. The van der Waals surface area contributed by atoms with Crippen LogP contribution in [0, 0.1) is 5.92 Å². The minimum atomic E-state index is -0.0318. The van der Waals surface area contributed by atoms with Crippen molar-refractivity contribution in [2.75, 3.05) is 7.11 Å². The van der Waals surface area contributed by atoms with Crippen molar-refractivity contribution in [2.24, 2.45) is 5.92 Å². The van der Waals surface area contributed by atoms with E-state index in [4.69, 9.17) is 4.74 Å². The van der Waals surface area contributed by atoms with Crippen LogP contribution in [0.4, 0.5) is 0 Å². The maximum atomic E-state index is 11.4. The van der Waals surface area contributed by atoms with Gasteiger partial charge in [-0.15, -0.1) is 0 Å². The van der Waals surface area contributed by atoms with E-state index in [1.165, 1.54) is 20.0 Å². The van der Waals surface area contributed by atoms with Crippen molar-refractivity contribution >= 4 is 5.97 Å². The number of rotatable bonds is 3. The monoisotopic (exact) mass is 183 g/mol. The fourth-order valence-electron chi connectivity index (χ4n) is 2.15. The van der Waals surface area contributed by atoms with Crippen LogP contribution < -0.4 is 5.32 Å². The number of hydrogen-bond acceptors (Lipinski definition) is 3. The Morgan fingerprint density at radius 3 is 2.69 bits per heavy atom. The fraction of sp³-hybridized carbons (Fsp3) is 0.900. The lowest BCUT2D eigenvalue weighted by Crippen LogP contribution is -2.38. The van der Waals surface area contributed by atoms with E-state index in [0.29, 0.717) is 12.1 Å². The van der Waals surface area contributed by atoms with Gasteiger partial charge >= 0.3 is 5.97 Å². The van der Waals surface area contributed by atoms with Crippen molar-refractivity contribution in [2.45, 2.75) is 44.2 Å². The second-order valence-corrected chi connectivity index (χ2v) is 4.11. The van der Waals surface area contributed by atoms with Crippen molar-refractivity contribution in [1.82, 2.24) is 5.32 Å². The third kappa shape index (κ3) is 2.02. The Bertz CT molecular complexity index is 201. The zero-order valence-corrected chi connectivity index (χ0v) is 8.08. The third-order valence-electron chi connectivity index (χ3n) is 3.05. The zero-order chi connectivity index (χ0) is 9.26. The quantitative estimate of drug-likeness (QED) is 0.665. The Hall–Kier alpha value is -0.570. The van der Waals surface area contributed by atoms with Crippen LogP contribution in [0.2, 0.25) is 0 Å². The van der Waals surface area contributed by atoms with Crippen molar-refractivity contribution in [3.05, 3.63) is 0 Å². The maximum Gasteiger partial charge on any atom is 0.310 e. The van der Waals surface area contributed by atoms with Crippen LogP contribution in [0.5, 0.6) is 0 Å². The van der Waals surface area contributed by atoms with E-state index in [0.717, 1.165) is 19.3 Å². The highest BCUT2D eigenvalue weighted by atomic mass is 16.5. The molecule has 2 saturated carbocycles. The standard InChI is InChI=1S/C10H17NO2/c1-13-10(12)8-3-2-4-9(8)11-7-5-6-7/h7-9,11H,2-6H2,1H3. The molecule has 0 radical (unpaired) electrons. The summed E-state index contributed by atoms with van der Waals surface area (Å²) in [5.74, 6) is 0.0845. The van der Waals surface area contributed by atoms with Gasteiger partial charge in [0.1, 0.15) is 0 Å². The molecule has 2 unspecified atom stereocenters. The first-order valence-corrected chi connectivity index (χ1v) is 5.15. The maximum absolute atomic E-state index is 11.4. The van der Waals surface area contributed by atoms with Crippen LogP contribution >= 0.6 is 0 Å². The molecule has 3 heteroatoms. The highest BCUT2D eigenvalue weighted by molar-refractivity contribution is 5.73. The molecular formula is C10H17NO2. The minimum absolute atomic E-state index is 0.0318. The van der Waals surface area contributed by atoms with Crippen molar-refractivity contribution in [3.8, 4) is 0 Å². The number of methoxy groups -OCH3 is 1. The Morgan fingerprint density at radius 1 is 1.31 bits per heavy atom. The van der Waals surface area contributed by atoms with Gasteiger partial charge in [0.15, 0.2) is 0 Å². The second kappa shape index (κ2) is 3.66. The molecule has 0 heterocycles. The molecule has 2 aliphatic rings. The number of ether oxygens (including phenoxy) is 1. The highest BCUT2D eigenvalue weighted by Gasteiger charge is 2.36. The number of carbonyl (C=O) groups excluding carboxylic acids is 1. The first-order chi connectivity index (χ1) is 6.31. The lowest BCUT2D eigenvalue weighted by Gasteiger charge is -2.18. The molecule has 0 aromatic heterocycles. The first kappa shape index (κ1) is 9.00. The van der Waals surface area contributed by atoms with E-state index >= 15 is 0 Å². The average Bonchev–Trinajstić information content (AvgIpc) is 2.82. The minimum Gasteiger partial charge on any atom is -0.469 e. The number of esters is 1. The predicted octanol–water partition coefficient (Wildman–Crippen LogP) is 1.08. The van der Waals surface area contributed by atoms with E-state index < -0.39 is 0 Å². The summed E-state index contributed by atoms with van der Waals surface area (Å²) in [4.78, 5) is 11.4. The molecule has 2 rings (SSSR count).